The number of hydrogen-bond acceptors (Lipinski definition) is 4. The van der Waals surface area contributed by atoms with Gasteiger partial charge in [0.25, 0.3) is 0 Å². The molecule has 2 rings (SSSR count). The lowest BCUT2D eigenvalue weighted by molar-refractivity contribution is -0.385. The Kier molecular flexibility index (Phi) is 6.16. The monoisotopic (exact) mass is 336 g/mol. The first kappa shape index (κ1) is 18.2. The fourth-order valence-electron chi connectivity index (χ4n) is 3.49. The van der Waals surface area contributed by atoms with Crippen LogP contribution in [0.1, 0.15) is 39.5 Å². The Balaban J connectivity index is 1.86. The van der Waals surface area contributed by atoms with Crippen molar-refractivity contribution in [2.45, 2.75) is 46.1 Å². The molecule has 8 heteroatoms. The molecule has 24 heavy (non-hydrogen) atoms. The molecule has 0 spiro atoms. The molecule has 1 aliphatic rings. The molecule has 1 aliphatic heterocycles. The van der Waals surface area contributed by atoms with Gasteiger partial charge in [0.1, 0.15) is 12.4 Å². The summed E-state index contributed by atoms with van der Waals surface area (Å²) < 4.78 is 1.58. The van der Waals surface area contributed by atoms with E-state index in [-0.39, 0.29) is 5.69 Å². The van der Waals surface area contributed by atoms with Gasteiger partial charge in [-0.05, 0) is 24.7 Å². The quantitative estimate of drug-likeness (QED) is 0.372. The number of piperidine rings is 1. The molecule has 1 aromatic heterocycles. The van der Waals surface area contributed by atoms with Crippen LogP contribution in [0.15, 0.2) is 17.4 Å². The highest BCUT2D eigenvalue weighted by molar-refractivity contribution is 5.80. The fourth-order valence-corrected chi connectivity index (χ4v) is 3.49. The lowest BCUT2D eigenvalue weighted by atomic mass is 9.78. The maximum Gasteiger partial charge on any atom is 0.306 e. The number of rotatable bonds is 6. The van der Waals surface area contributed by atoms with E-state index in [2.05, 4.69) is 34.2 Å². The third-order valence-electron chi connectivity index (χ3n) is 4.60. The highest BCUT2D eigenvalue weighted by atomic mass is 16.6. The standard InChI is InChI=1S/C16H28N6O2/c1-4-6-16(2)7-5-9-20(13-16)15(17-3)18-8-10-21-12-14(11-19-21)22(23)24/h11-12H,4-10,13H2,1-3H3,(H,17,18). The largest absolute Gasteiger partial charge is 0.354 e. The predicted molar refractivity (Wildman–Crippen MR) is 94.1 cm³/mol. The summed E-state index contributed by atoms with van der Waals surface area (Å²) in [5.41, 5.74) is 0.374. The molecular formula is C16H28N6O2. The van der Waals surface area contributed by atoms with E-state index in [4.69, 9.17) is 0 Å². The van der Waals surface area contributed by atoms with Gasteiger partial charge >= 0.3 is 5.69 Å². The Morgan fingerprint density at radius 3 is 3.00 bits per heavy atom. The Morgan fingerprint density at radius 1 is 1.58 bits per heavy atom. The van der Waals surface area contributed by atoms with Gasteiger partial charge in [-0.2, -0.15) is 5.10 Å². The second-order valence-corrected chi connectivity index (χ2v) is 6.78. The van der Waals surface area contributed by atoms with Crippen LogP contribution in [0.4, 0.5) is 5.69 Å². The van der Waals surface area contributed by atoms with Gasteiger partial charge < -0.3 is 10.2 Å². The number of nitrogens with zero attached hydrogens (tertiary/aromatic N) is 5. The van der Waals surface area contributed by atoms with Crippen molar-refractivity contribution < 1.29 is 4.92 Å². The molecule has 0 amide bonds. The van der Waals surface area contributed by atoms with Crippen molar-refractivity contribution in [3.63, 3.8) is 0 Å². The Hall–Kier alpha value is -2.12. The molecule has 1 N–H and O–H groups in total. The Labute approximate surface area is 143 Å². The third kappa shape index (κ3) is 4.69. The molecule has 0 saturated carbocycles. The Bertz CT molecular complexity index is 581. The molecule has 0 bridgehead atoms. The van der Waals surface area contributed by atoms with E-state index in [1.54, 1.807) is 11.7 Å². The summed E-state index contributed by atoms with van der Waals surface area (Å²) in [5.74, 6) is 0.902. The smallest absolute Gasteiger partial charge is 0.306 e. The summed E-state index contributed by atoms with van der Waals surface area (Å²) in [6, 6.07) is 0. The van der Waals surface area contributed by atoms with E-state index in [0.717, 1.165) is 19.0 Å². The van der Waals surface area contributed by atoms with E-state index in [0.29, 0.717) is 18.5 Å². The molecule has 1 atom stereocenters. The summed E-state index contributed by atoms with van der Waals surface area (Å²) >= 11 is 0. The van der Waals surface area contributed by atoms with Gasteiger partial charge in [0.2, 0.25) is 0 Å². The predicted octanol–water partition coefficient (Wildman–Crippen LogP) is 2.27. The molecule has 1 fully saturated rings. The zero-order valence-corrected chi connectivity index (χ0v) is 14.9. The number of aliphatic imine (C=N–C) groups is 1. The number of guanidine groups is 1. The van der Waals surface area contributed by atoms with E-state index in [9.17, 15) is 10.1 Å². The lowest BCUT2D eigenvalue weighted by Gasteiger charge is -2.42. The minimum Gasteiger partial charge on any atom is -0.354 e. The SMILES string of the molecule is CCCC1(C)CCCN(C(=NC)NCCn2cc([N+](=O)[O-])cn2)C1. The molecule has 2 heterocycles. The first-order valence-electron chi connectivity index (χ1n) is 8.60. The van der Waals surface area contributed by atoms with Gasteiger partial charge in [-0.25, -0.2) is 0 Å². The molecule has 0 radical (unpaired) electrons. The van der Waals surface area contributed by atoms with Crippen LogP contribution in [0.3, 0.4) is 0 Å². The summed E-state index contributed by atoms with van der Waals surface area (Å²) in [7, 11) is 1.80. The van der Waals surface area contributed by atoms with Gasteiger partial charge in [-0.1, -0.05) is 20.3 Å². The number of nitro groups is 1. The van der Waals surface area contributed by atoms with Gasteiger partial charge in [0.15, 0.2) is 5.96 Å². The molecular weight excluding hydrogens is 308 g/mol. The number of hydrogen-bond donors (Lipinski definition) is 1. The first-order valence-corrected chi connectivity index (χ1v) is 8.60. The highest BCUT2D eigenvalue weighted by Crippen LogP contribution is 2.33. The third-order valence-corrected chi connectivity index (χ3v) is 4.60. The molecule has 0 aliphatic carbocycles. The van der Waals surface area contributed by atoms with Crippen molar-refractivity contribution in [1.29, 1.82) is 0 Å². The van der Waals surface area contributed by atoms with E-state index in [1.165, 1.54) is 38.1 Å². The number of aromatic nitrogens is 2. The van der Waals surface area contributed by atoms with Crippen LogP contribution >= 0.6 is 0 Å². The second kappa shape index (κ2) is 8.12. The fraction of sp³-hybridized carbons (Fsp3) is 0.750. The zero-order valence-electron chi connectivity index (χ0n) is 14.9. The summed E-state index contributed by atoms with van der Waals surface area (Å²) in [6.45, 7) is 7.83. The summed E-state index contributed by atoms with van der Waals surface area (Å²) in [4.78, 5) is 17.0. The molecule has 0 aromatic carbocycles. The van der Waals surface area contributed by atoms with Crippen LogP contribution in [0.2, 0.25) is 0 Å². The summed E-state index contributed by atoms with van der Waals surface area (Å²) in [5, 5.41) is 18.0. The van der Waals surface area contributed by atoms with Crippen LogP contribution in [-0.4, -0.2) is 52.2 Å². The summed E-state index contributed by atoms with van der Waals surface area (Å²) in [6.07, 6.45) is 7.61. The number of nitrogens with one attached hydrogen (secondary N) is 1. The molecule has 1 aromatic rings. The van der Waals surface area contributed by atoms with Gasteiger partial charge in [-0.3, -0.25) is 19.8 Å². The topological polar surface area (TPSA) is 88.6 Å². The van der Waals surface area contributed by atoms with Gasteiger partial charge in [0.05, 0.1) is 11.5 Å². The van der Waals surface area contributed by atoms with E-state index >= 15 is 0 Å². The van der Waals surface area contributed by atoms with E-state index in [1.807, 2.05) is 0 Å². The minimum absolute atomic E-state index is 0.0192. The average Bonchev–Trinajstić information content (AvgIpc) is 3.00. The maximum atomic E-state index is 10.7. The first-order chi connectivity index (χ1) is 11.5. The highest BCUT2D eigenvalue weighted by Gasteiger charge is 2.31. The normalized spacial score (nSPS) is 21.8. The van der Waals surface area contributed by atoms with E-state index < -0.39 is 4.92 Å². The average molecular weight is 336 g/mol. The van der Waals surface area contributed by atoms with Crippen molar-refractivity contribution in [1.82, 2.24) is 20.0 Å². The van der Waals surface area contributed by atoms with Crippen molar-refractivity contribution in [3.05, 3.63) is 22.5 Å². The lowest BCUT2D eigenvalue weighted by Crippen LogP contribution is -2.50. The molecule has 8 nitrogen and oxygen atoms in total. The van der Waals surface area contributed by atoms with Crippen LogP contribution in [0.5, 0.6) is 0 Å². The van der Waals surface area contributed by atoms with Crippen LogP contribution in [0.25, 0.3) is 0 Å². The van der Waals surface area contributed by atoms with Crippen LogP contribution in [0, 0.1) is 15.5 Å². The molecule has 1 saturated heterocycles. The van der Waals surface area contributed by atoms with Crippen LogP contribution < -0.4 is 5.32 Å². The van der Waals surface area contributed by atoms with Gasteiger partial charge in [0, 0.05) is 26.7 Å². The molecule has 1 unspecified atom stereocenters. The van der Waals surface area contributed by atoms with Gasteiger partial charge in [-0.15, -0.1) is 0 Å². The maximum absolute atomic E-state index is 10.7. The van der Waals surface area contributed by atoms with Crippen molar-refractivity contribution in [2.24, 2.45) is 10.4 Å². The Morgan fingerprint density at radius 2 is 2.38 bits per heavy atom. The molecule has 134 valence electrons. The van der Waals surface area contributed by atoms with Crippen molar-refractivity contribution in [3.8, 4) is 0 Å². The van der Waals surface area contributed by atoms with Crippen molar-refractivity contribution >= 4 is 11.6 Å². The van der Waals surface area contributed by atoms with Crippen molar-refractivity contribution in [2.75, 3.05) is 26.7 Å². The number of likely N-dealkylation sites (tertiary alicyclic amines) is 1. The minimum atomic E-state index is -0.432. The zero-order chi connectivity index (χ0) is 17.6. The second-order valence-electron chi connectivity index (χ2n) is 6.78. The van der Waals surface area contributed by atoms with Crippen LogP contribution in [-0.2, 0) is 6.54 Å².